The maximum atomic E-state index is 12.4. The Morgan fingerprint density at radius 2 is 2.09 bits per heavy atom. The Bertz CT molecular complexity index is 692. The van der Waals surface area contributed by atoms with E-state index in [4.69, 9.17) is 0 Å². The maximum absolute atomic E-state index is 12.4. The van der Waals surface area contributed by atoms with E-state index >= 15 is 0 Å². The van der Waals surface area contributed by atoms with Gasteiger partial charge < -0.3 is 5.32 Å². The molecule has 1 saturated carbocycles. The molecule has 1 fully saturated rings. The van der Waals surface area contributed by atoms with Gasteiger partial charge in [0.25, 0.3) is 0 Å². The predicted octanol–water partition coefficient (Wildman–Crippen LogP) is 3.47. The van der Waals surface area contributed by atoms with Crippen LogP contribution in [0.25, 0.3) is 0 Å². The summed E-state index contributed by atoms with van der Waals surface area (Å²) in [5, 5.41) is 7.36. The summed E-state index contributed by atoms with van der Waals surface area (Å²) in [4.78, 5) is 12.4. The molecule has 0 aliphatic heterocycles. The van der Waals surface area contributed by atoms with Crippen molar-refractivity contribution >= 4 is 21.8 Å². The average Bonchev–Trinajstić information content (AvgIpc) is 3.21. The quantitative estimate of drug-likeness (QED) is 0.905. The van der Waals surface area contributed by atoms with Crippen molar-refractivity contribution in [1.29, 1.82) is 0 Å². The first-order chi connectivity index (χ1) is 10.5. The molecule has 116 valence electrons. The van der Waals surface area contributed by atoms with Crippen LogP contribution in [0.4, 0.5) is 0 Å². The molecule has 1 N–H and O–H groups in total. The molecule has 0 spiro atoms. The van der Waals surface area contributed by atoms with Crippen LogP contribution in [0, 0.1) is 12.8 Å². The second-order valence-corrected chi connectivity index (χ2v) is 6.96. The van der Waals surface area contributed by atoms with Gasteiger partial charge in [0, 0.05) is 28.7 Å². The SMILES string of the molecule is Cc1c([C@H](C)NC(=O)[C@H]2C[C@@H]2c2ccc(Br)cc2)cnn1C. The number of nitrogens with one attached hydrogen (secondary N) is 1. The second kappa shape index (κ2) is 5.88. The summed E-state index contributed by atoms with van der Waals surface area (Å²) in [6.45, 7) is 4.03. The van der Waals surface area contributed by atoms with E-state index in [1.54, 1.807) is 0 Å². The van der Waals surface area contributed by atoms with Gasteiger partial charge >= 0.3 is 0 Å². The molecule has 0 unspecified atom stereocenters. The lowest BCUT2D eigenvalue weighted by molar-refractivity contribution is -0.123. The minimum atomic E-state index is -0.00707. The van der Waals surface area contributed by atoms with Gasteiger partial charge in [-0.05, 0) is 43.9 Å². The zero-order valence-electron chi connectivity index (χ0n) is 13.0. The van der Waals surface area contributed by atoms with Crippen molar-refractivity contribution in [2.45, 2.75) is 32.2 Å². The smallest absolute Gasteiger partial charge is 0.224 e. The van der Waals surface area contributed by atoms with E-state index in [9.17, 15) is 4.79 Å². The second-order valence-electron chi connectivity index (χ2n) is 6.04. The Morgan fingerprint density at radius 1 is 1.41 bits per heavy atom. The highest BCUT2D eigenvalue weighted by Crippen LogP contribution is 2.47. The number of nitrogens with zero attached hydrogens (tertiary/aromatic N) is 2. The number of amides is 1. The average molecular weight is 362 g/mol. The minimum absolute atomic E-state index is 0.00707. The minimum Gasteiger partial charge on any atom is -0.349 e. The number of carbonyl (C=O) groups excluding carboxylic acids is 1. The molecule has 3 atom stereocenters. The largest absolute Gasteiger partial charge is 0.349 e. The third-order valence-corrected chi connectivity index (χ3v) is 5.05. The first-order valence-electron chi connectivity index (χ1n) is 7.51. The normalized spacial score (nSPS) is 21.5. The van der Waals surface area contributed by atoms with Crippen molar-refractivity contribution < 1.29 is 4.79 Å². The molecule has 0 saturated heterocycles. The van der Waals surface area contributed by atoms with Crippen LogP contribution in [0.1, 0.15) is 42.1 Å². The fraction of sp³-hybridized carbons (Fsp3) is 0.412. The molecule has 1 aromatic heterocycles. The summed E-state index contributed by atoms with van der Waals surface area (Å²) in [5.41, 5.74) is 3.42. The topological polar surface area (TPSA) is 46.9 Å². The standard InChI is InChI=1S/C17H20BrN3O/c1-10(16-9-19-21(3)11(16)2)20-17(22)15-8-14(15)12-4-6-13(18)7-5-12/h4-7,9-10,14-15H,8H2,1-3H3,(H,20,22)/t10-,14+,15-/m0/s1. The Labute approximate surface area is 139 Å². The van der Waals surface area contributed by atoms with Crippen molar-refractivity contribution in [2.24, 2.45) is 13.0 Å². The lowest BCUT2D eigenvalue weighted by atomic mass is 10.1. The van der Waals surface area contributed by atoms with Crippen LogP contribution in [0.2, 0.25) is 0 Å². The Balaban J connectivity index is 1.62. The van der Waals surface area contributed by atoms with Gasteiger partial charge in [0.2, 0.25) is 5.91 Å². The summed E-state index contributed by atoms with van der Waals surface area (Å²) in [7, 11) is 1.91. The van der Waals surface area contributed by atoms with E-state index in [2.05, 4.69) is 38.5 Å². The highest BCUT2D eigenvalue weighted by molar-refractivity contribution is 9.10. The molecule has 3 rings (SSSR count). The number of hydrogen-bond donors (Lipinski definition) is 1. The molecule has 22 heavy (non-hydrogen) atoms. The van der Waals surface area contributed by atoms with E-state index in [1.165, 1.54) is 5.56 Å². The van der Waals surface area contributed by atoms with Gasteiger partial charge in [0.15, 0.2) is 0 Å². The zero-order valence-corrected chi connectivity index (χ0v) is 14.6. The van der Waals surface area contributed by atoms with Gasteiger partial charge in [-0.2, -0.15) is 5.10 Å². The van der Waals surface area contributed by atoms with E-state index < -0.39 is 0 Å². The molecule has 1 aromatic carbocycles. The maximum Gasteiger partial charge on any atom is 0.224 e. The van der Waals surface area contributed by atoms with Crippen LogP contribution in [0.15, 0.2) is 34.9 Å². The summed E-state index contributed by atoms with van der Waals surface area (Å²) < 4.78 is 2.90. The molecular weight excluding hydrogens is 342 g/mol. The number of carbonyl (C=O) groups is 1. The van der Waals surface area contributed by atoms with Crippen LogP contribution < -0.4 is 5.32 Å². The summed E-state index contributed by atoms with van der Waals surface area (Å²) in [5.74, 6) is 0.597. The number of aromatic nitrogens is 2. The summed E-state index contributed by atoms with van der Waals surface area (Å²) in [6.07, 6.45) is 2.77. The summed E-state index contributed by atoms with van der Waals surface area (Å²) in [6, 6.07) is 8.24. The van der Waals surface area contributed by atoms with Crippen LogP contribution in [0.5, 0.6) is 0 Å². The number of aryl methyl sites for hydroxylation is 1. The number of benzene rings is 1. The first kappa shape index (κ1) is 15.3. The van der Waals surface area contributed by atoms with Gasteiger partial charge in [0.05, 0.1) is 12.2 Å². The van der Waals surface area contributed by atoms with E-state index in [0.717, 1.165) is 22.2 Å². The number of rotatable bonds is 4. The van der Waals surface area contributed by atoms with Crippen LogP contribution in [-0.4, -0.2) is 15.7 Å². The molecular formula is C17H20BrN3O. The van der Waals surface area contributed by atoms with Crippen molar-refractivity contribution in [2.75, 3.05) is 0 Å². The van der Waals surface area contributed by atoms with Crippen LogP contribution in [-0.2, 0) is 11.8 Å². The third kappa shape index (κ3) is 2.95. The fourth-order valence-corrected chi connectivity index (χ4v) is 3.17. The molecule has 5 heteroatoms. The van der Waals surface area contributed by atoms with Crippen molar-refractivity contribution in [3.05, 3.63) is 51.8 Å². The van der Waals surface area contributed by atoms with Gasteiger partial charge in [-0.3, -0.25) is 9.48 Å². The highest BCUT2D eigenvalue weighted by atomic mass is 79.9. The monoisotopic (exact) mass is 361 g/mol. The van der Waals surface area contributed by atoms with Gasteiger partial charge in [-0.15, -0.1) is 0 Å². The molecule has 1 aliphatic carbocycles. The Kier molecular flexibility index (Phi) is 4.08. The molecule has 2 aromatic rings. The Morgan fingerprint density at radius 3 is 2.68 bits per heavy atom. The summed E-state index contributed by atoms with van der Waals surface area (Å²) >= 11 is 3.44. The van der Waals surface area contributed by atoms with Crippen molar-refractivity contribution in [3.8, 4) is 0 Å². The number of hydrogen-bond acceptors (Lipinski definition) is 2. The Hall–Kier alpha value is -1.62. The van der Waals surface area contributed by atoms with E-state index in [1.807, 2.05) is 43.9 Å². The predicted molar refractivity (Wildman–Crippen MR) is 89.5 cm³/mol. The van der Waals surface area contributed by atoms with Crippen molar-refractivity contribution in [1.82, 2.24) is 15.1 Å². The highest BCUT2D eigenvalue weighted by Gasteiger charge is 2.44. The lowest BCUT2D eigenvalue weighted by Crippen LogP contribution is -2.28. The van der Waals surface area contributed by atoms with Gasteiger partial charge in [-0.1, -0.05) is 28.1 Å². The first-order valence-corrected chi connectivity index (χ1v) is 8.31. The molecule has 4 nitrogen and oxygen atoms in total. The fourth-order valence-electron chi connectivity index (χ4n) is 2.90. The van der Waals surface area contributed by atoms with Gasteiger partial charge in [0.1, 0.15) is 0 Å². The third-order valence-electron chi connectivity index (χ3n) is 4.52. The molecule has 1 aliphatic rings. The molecule has 1 heterocycles. The lowest BCUT2D eigenvalue weighted by Gasteiger charge is -2.14. The van der Waals surface area contributed by atoms with Crippen molar-refractivity contribution in [3.63, 3.8) is 0 Å². The zero-order chi connectivity index (χ0) is 15.9. The van der Waals surface area contributed by atoms with Crippen LogP contribution >= 0.6 is 15.9 Å². The molecule has 0 radical (unpaired) electrons. The van der Waals surface area contributed by atoms with Crippen LogP contribution in [0.3, 0.4) is 0 Å². The number of halogens is 1. The molecule has 1 amide bonds. The van der Waals surface area contributed by atoms with E-state index in [0.29, 0.717) is 5.92 Å². The molecule has 0 bridgehead atoms. The van der Waals surface area contributed by atoms with E-state index in [-0.39, 0.29) is 17.9 Å². The van der Waals surface area contributed by atoms with Gasteiger partial charge in [-0.25, -0.2) is 0 Å².